The molecule has 1 aliphatic carbocycles. The van der Waals surface area contributed by atoms with Gasteiger partial charge in [0.15, 0.2) is 0 Å². The number of carbonyl (C=O) groups is 2. The number of rotatable bonds is 5. The maximum absolute atomic E-state index is 12.4. The Morgan fingerprint density at radius 1 is 1.04 bits per heavy atom. The Labute approximate surface area is 161 Å². The number of amides is 3. The second kappa shape index (κ2) is 9.62. The van der Waals surface area contributed by atoms with Crippen LogP contribution in [0.15, 0.2) is 24.3 Å². The van der Waals surface area contributed by atoms with Crippen LogP contribution in [-0.4, -0.2) is 43.1 Å². The molecular formula is C21H31N3O3. The number of benzene rings is 1. The number of ether oxygens (including phenoxy) is 1. The van der Waals surface area contributed by atoms with Gasteiger partial charge in [0.1, 0.15) is 5.75 Å². The predicted molar refractivity (Wildman–Crippen MR) is 105 cm³/mol. The molecule has 1 saturated carbocycles. The zero-order chi connectivity index (χ0) is 19.1. The van der Waals surface area contributed by atoms with E-state index in [1.165, 1.54) is 19.3 Å². The summed E-state index contributed by atoms with van der Waals surface area (Å²) in [6.45, 7) is 1.82. The highest BCUT2D eigenvalue weighted by Gasteiger charge is 2.28. The molecule has 0 atom stereocenters. The van der Waals surface area contributed by atoms with Gasteiger partial charge >= 0.3 is 6.03 Å². The minimum Gasteiger partial charge on any atom is -0.497 e. The van der Waals surface area contributed by atoms with Crippen molar-refractivity contribution < 1.29 is 14.3 Å². The third-order valence-corrected chi connectivity index (χ3v) is 5.71. The lowest BCUT2D eigenvalue weighted by atomic mass is 9.95. The molecule has 0 spiro atoms. The van der Waals surface area contributed by atoms with E-state index >= 15 is 0 Å². The maximum atomic E-state index is 12.4. The average Bonchev–Trinajstić information content (AvgIpc) is 2.73. The van der Waals surface area contributed by atoms with Crippen LogP contribution in [0.2, 0.25) is 0 Å². The molecule has 0 radical (unpaired) electrons. The fourth-order valence-electron chi connectivity index (χ4n) is 3.93. The lowest BCUT2D eigenvalue weighted by Crippen LogP contribution is -2.49. The average molecular weight is 373 g/mol. The smallest absolute Gasteiger partial charge is 0.317 e. The first-order valence-electron chi connectivity index (χ1n) is 10.1. The number of hydrogen-bond donors (Lipinski definition) is 2. The highest BCUT2D eigenvalue weighted by Crippen LogP contribution is 2.20. The topological polar surface area (TPSA) is 70.7 Å². The fraction of sp³-hybridized carbons (Fsp3) is 0.619. The molecule has 1 aliphatic heterocycles. The zero-order valence-electron chi connectivity index (χ0n) is 16.2. The van der Waals surface area contributed by atoms with Crippen molar-refractivity contribution in [3.63, 3.8) is 0 Å². The van der Waals surface area contributed by atoms with Crippen molar-refractivity contribution in [2.75, 3.05) is 20.2 Å². The van der Waals surface area contributed by atoms with E-state index in [-0.39, 0.29) is 17.9 Å². The summed E-state index contributed by atoms with van der Waals surface area (Å²) in [6, 6.07) is 8.07. The summed E-state index contributed by atoms with van der Waals surface area (Å²) in [5, 5.41) is 6.18. The first-order valence-corrected chi connectivity index (χ1v) is 10.1. The lowest BCUT2D eigenvalue weighted by molar-refractivity contribution is -0.126. The van der Waals surface area contributed by atoms with Crippen molar-refractivity contribution in [2.24, 2.45) is 5.92 Å². The van der Waals surface area contributed by atoms with Gasteiger partial charge in [0.25, 0.3) is 0 Å². The highest BCUT2D eigenvalue weighted by atomic mass is 16.5. The van der Waals surface area contributed by atoms with Gasteiger partial charge in [0.05, 0.1) is 7.11 Å². The van der Waals surface area contributed by atoms with Crippen LogP contribution >= 0.6 is 0 Å². The molecule has 0 bridgehead atoms. The summed E-state index contributed by atoms with van der Waals surface area (Å²) in [6.07, 6.45) is 7.34. The van der Waals surface area contributed by atoms with Gasteiger partial charge in [-0.15, -0.1) is 0 Å². The number of urea groups is 1. The van der Waals surface area contributed by atoms with Crippen molar-refractivity contribution in [3.05, 3.63) is 29.8 Å². The van der Waals surface area contributed by atoms with E-state index in [2.05, 4.69) is 10.6 Å². The third kappa shape index (κ3) is 5.62. The van der Waals surface area contributed by atoms with E-state index in [1.807, 2.05) is 29.2 Å². The summed E-state index contributed by atoms with van der Waals surface area (Å²) in [5.41, 5.74) is 1.05. The molecular weight excluding hydrogens is 342 g/mol. The van der Waals surface area contributed by atoms with E-state index in [9.17, 15) is 9.59 Å². The Hall–Kier alpha value is -2.24. The monoisotopic (exact) mass is 373 g/mol. The van der Waals surface area contributed by atoms with Crippen LogP contribution in [-0.2, 0) is 11.3 Å². The fourth-order valence-corrected chi connectivity index (χ4v) is 3.93. The Morgan fingerprint density at radius 3 is 2.33 bits per heavy atom. The minimum atomic E-state index is -0.0121. The van der Waals surface area contributed by atoms with Gasteiger partial charge in [0, 0.05) is 31.6 Å². The first kappa shape index (κ1) is 19.5. The van der Waals surface area contributed by atoms with Crippen LogP contribution < -0.4 is 15.4 Å². The van der Waals surface area contributed by atoms with E-state index in [0.717, 1.165) is 37.0 Å². The number of piperidine rings is 1. The number of hydrogen-bond acceptors (Lipinski definition) is 3. The van der Waals surface area contributed by atoms with Gasteiger partial charge in [-0.3, -0.25) is 4.79 Å². The molecule has 1 saturated heterocycles. The number of methoxy groups -OCH3 is 1. The van der Waals surface area contributed by atoms with Crippen LogP contribution in [0.3, 0.4) is 0 Å². The summed E-state index contributed by atoms with van der Waals surface area (Å²) < 4.78 is 5.14. The van der Waals surface area contributed by atoms with Gasteiger partial charge in [-0.25, -0.2) is 4.79 Å². The van der Waals surface area contributed by atoms with Crippen molar-refractivity contribution in [1.82, 2.24) is 15.5 Å². The van der Waals surface area contributed by atoms with Gasteiger partial charge < -0.3 is 20.3 Å². The predicted octanol–water partition coefficient (Wildman–Crippen LogP) is 3.07. The summed E-state index contributed by atoms with van der Waals surface area (Å²) in [4.78, 5) is 26.7. The molecule has 2 fully saturated rings. The normalized spacial score (nSPS) is 18.8. The molecule has 6 heteroatoms. The Bertz CT molecular complexity index is 618. The zero-order valence-corrected chi connectivity index (χ0v) is 16.2. The molecule has 6 nitrogen and oxygen atoms in total. The third-order valence-electron chi connectivity index (χ3n) is 5.71. The van der Waals surface area contributed by atoms with Gasteiger partial charge in [-0.2, -0.15) is 0 Å². The van der Waals surface area contributed by atoms with Gasteiger partial charge in [-0.1, -0.05) is 31.4 Å². The van der Waals surface area contributed by atoms with Crippen LogP contribution in [0.25, 0.3) is 0 Å². The van der Waals surface area contributed by atoms with E-state index in [0.29, 0.717) is 25.7 Å². The van der Waals surface area contributed by atoms with Gasteiger partial charge in [-0.05, 0) is 43.4 Å². The molecule has 1 aromatic carbocycles. The molecule has 148 valence electrons. The molecule has 2 N–H and O–H groups in total. The molecule has 0 unspecified atom stereocenters. The molecule has 1 heterocycles. The SMILES string of the molecule is COc1ccc(CNC(=O)C2CCN(C(=O)NC3CCCCC3)CC2)cc1. The van der Waals surface area contributed by atoms with Crippen LogP contribution in [0.4, 0.5) is 4.79 Å². The first-order chi connectivity index (χ1) is 13.2. The second-order valence-corrected chi connectivity index (χ2v) is 7.61. The van der Waals surface area contributed by atoms with Crippen LogP contribution in [0.5, 0.6) is 5.75 Å². The molecule has 1 aromatic rings. The van der Waals surface area contributed by atoms with Crippen LogP contribution in [0.1, 0.15) is 50.5 Å². The molecule has 2 aliphatic rings. The van der Waals surface area contributed by atoms with E-state index < -0.39 is 0 Å². The van der Waals surface area contributed by atoms with Crippen molar-refractivity contribution in [3.8, 4) is 5.75 Å². The lowest BCUT2D eigenvalue weighted by Gasteiger charge is -2.33. The highest BCUT2D eigenvalue weighted by molar-refractivity contribution is 5.79. The van der Waals surface area contributed by atoms with Gasteiger partial charge in [0.2, 0.25) is 5.91 Å². The number of likely N-dealkylation sites (tertiary alicyclic amines) is 1. The Kier molecular flexibility index (Phi) is 6.96. The number of carbonyl (C=O) groups excluding carboxylic acids is 2. The summed E-state index contributed by atoms with van der Waals surface area (Å²) in [5.74, 6) is 0.879. The van der Waals surface area contributed by atoms with Crippen molar-refractivity contribution in [1.29, 1.82) is 0 Å². The quantitative estimate of drug-likeness (QED) is 0.833. The molecule has 27 heavy (non-hydrogen) atoms. The Morgan fingerprint density at radius 2 is 1.70 bits per heavy atom. The number of nitrogens with one attached hydrogen (secondary N) is 2. The van der Waals surface area contributed by atoms with Crippen molar-refractivity contribution in [2.45, 2.75) is 57.5 Å². The largest absolute Gasteiger partial charge is 0.497 e. The van der Waals surface area contributed by atoms with E-state index in [4.69, 9.17) is 4.74 Å². The van der Waals surface area contributed by atoms with Crippen molar-refractivity contribution >= 4 is 11.9 Å². The Balaban J connectivity index is 1.38. The van der Waals surface area contributed by atoms with E-state index in [1.54, 1.807) is 7.11 Å². The summed E-state index contributed by atoms with van der Waals surface area (Å²) >= 11 is 0. The molecule has 0 aromatic heterocycles. The maximum Gasteiger partial charge on any atom is 0.317 e. The standard InChI is InChI=1S/C21H31N3O3/c1-27-19-9-7-16(8-10-19)15-22-20(25)17-11-13-24(14-12-17)21(26)23-18-5-3-2-4-6-18/h7-10,17-18H,2-6,11-15H2,1H3,(H,22,25)(H,23,26). The number of nitrogens with zero attached hydrogens (tertiary/aromatic N) is 1. The molecule has 3 amide bonds. The molecule has 3 rings (SSSR count). The minimum absolute atomic E-state index is 0.0121. The summed E-state index contributed by atoms with van der Waals surface area (Å²) in [7, 11) is 1.64. The second-order valence-electron chi connectivity index (χ2n) is 7.61. The van der Waals surface area contributed by atoms with Crippen LogP contribution in [0, 0.1) is 5.92 Å².